The van der Waals surface area contributed by atoms with Gasteiger partial charge in [0, 0.05) is 5.41 Å². The van der Waals surface area contributed by atoms with E-state index in [1.54, 1.807) is 0 Å². The first kappa shape index (κ1) is 18.6. The minimum Gasteiger partial charge on any atom is -0.481 e. The number of hydrogen-bond donors (Lipinski definition) is 4. The number of aliphatic hydroxyl groups is 3. The van der Waals surface area contributed by atoms with Gasteiger partial charge in [0.15, 0.2) is 0 Å². The lowest BCUT2D eigenvalue weighted by atomic mass is 9.41. The van der Waals surface area contributed by atoms with Gasteiger partial charge in [-0.15, -0.1) is 0 Å². The zero-order chi connectivity index (χ0) is 18.6. The van der Waals surface area contributed by atoms with E-state index in [4.69, 9.17) is 0 Å². The molecule has 0 heterocycles. The van der Waals surface area contributed by atoms with E-state index in [0.717, 1.165) is 5.57 Å². The van der Waals surface area contributed by atoms with Crippen LogP contribution in [0.1, 0.15) is 46.5 Å². The number of aliphatic carboxylic acids is 1. The van der Waals surface area contributed by atoms with Crippen LogP contribution in [-0.2, 0) is 4.79 Å². The summed E-state index contributed by atoms with van der Waals surface area (Å²) in [7, 11) is 0. The lowest BCUT2D eigenvalue weighted by molar-refractivity contribution is -0.266. The SMILES string of the molecule is C[C@H]1/C(=C\CO)C=C[C@H]2[C@H]1CC[C@@]1(O)[C@@](C)(C(=O)O)[C@H](O)CC[C@]21C. The summed E-state index contributed by atoms with van der Waals surface area (Å²) in [4.78, 5) is 12.1. The molecule has 0 aromatic rings. The van der Waals surface area contributed by atoms with Gasteiger partial charge in [0.05, 0.1) is 18.3 Å². The van der Waals surface area contributed by atoms with Crippen molar-refractivity contribution in [2.24, 2.45) is 28.6 Å². The zero-order valence-corrected chi connectivity index (χ0v) is 15.3. The molecule has 0 aromatic carbocycles. The van der Waals surface area contributed by atoms with E-state index in [-0.39, 0.29) is 18.4 Å². The summed E-state index contributed by atoms with van der Waals surface area (Å²) in [6.45, 7) is 5.65. The molecule has 0 aliphatic heterocycles. The Labute approximate surface area is 149 Å². The van der Waals surface area contributed by atoms with Crippen molar-refractivity contribution in [2.45, 2.75) is 58.2 Å². The standard InChI is InChI=1S/C20H30O5/c1-12-13(8-11-21)4-5-15-14(12)6-10-20(25)18(15,2)9-7-16(22)19(20,3)17(23)24/h4-5,8,12,14-16,21-22,25H,6-7,9-11H2,1-3H3,(H,23,24)/b13-8-/t12-,14-,15-,16+,18+,19+,20-/m0/s1. The monoisotopic (exact) mass is 350 g/mol. The molecule has 0 amide bonds. The van der Waals surface area contributed by atoms with Crippen LogP contribution in [0, 0.1) is 28.6 Å². The van der Waals surface area contributed by atoms with Gasteiger partial charge in [-0.05, 0) is 55.9 Å². The molecular formula is C20H30O5. The molecule has 0 spiro atoms. The molecule has 3 rings (SSSR count). The maximum atomic E-state index is 12.1. The number of hydrogen-bond acceptors (Lipinski definition) is 4. The lowest BCUT2D eigenvalue weighted by Crippen LogP contribution is -2.72. The Morgan fingerprint density at radius 1 is 1.32 bits per heavy atom. The third-order valence-corrected chi connectivity index (χ3v) is 7.88. The number of carboxylic acids is 1. The predicted molar refractivity (Wildman–Crippen MR) is 93.7 cm³/mol. The maximum Gasteiger partial charge on any atom is 0.314 e. The minimum absolute atomic E-state index is 0.00584. The van der Waals surface area contributed by atoms with Gasteiger partial charge in [0.25, 0.3) is 0 Å². The molecule has 0 aromatic heterocycles. The molecule has 2 saturated carbocycles. The largest absolute Gasteiger partial charge is 0.481 e. The quantitative estimate of drug-likeness (QED) is 0.611. The average molecular weight is 350 g/mol. The van der Waals surface area contributed by atoms with Crippen molar-refractivity contribution >= 4 is 5.97 Å². The second-order valence-electron chi connectivity index (χ2n) is 8.60. The normalized spacial score (nSPS) is 51.0. The number of carboxylic acid groups (broad SMARTS) is 1. The Morgan fingerprint density at radius 3 is 2.60 bits per heavy atom. The van der Waals surface area contributed by atoms with Crippen LogP contribution in [0.2, 0.25) is 0 Å². The smallest absolute Gasteiger partial charge is 0.314 e. The van der Waals surface area contributed by atoms with Crippen LogP contribution in [0.3, 0.4) is 0 Å². The van der Waals surface area contributed by atoms with Gasteiger partial charge < -0.3 is 20.4 Å². The summed E-state index contributed by atoms with van der Waals surface area (Å²) < 4.78 is 0. The first-order chi connectivity index (χ1) is 11.6. The third kappa shape index (κ3) is 2.22. The third-order valence-electron chi connectivity index (χ3n) is 7.88. The molecule has 0 radical (unpaired) electrons. The second kappa shape index (κ2) is 5.93. The van der Waals surface area contributed by atoms with Crippen LogP contribution in [0.4, 0.5) is 0 Å². The molecule has 25 heavy (non-hydrogen) atoms. The highest BCUT2D eigenvalue weighted by Gasteiger charge is 2.71. The van der Waals surface area contributed by atoms with Gasteiger partial charge in [-0.2, -0.15) is 0 Å². The van der Waals surface area contributed by atoms with Crippen LogP contribution >= 0.6 is 0 Å². The topological polar surface area (TPSA) is 98.0 Å². The molecule has 5 heteroatoms. The van der Waals surface area contributed by atoms with Crippen molar-refractivity contribution in [3.05, 3.63) is 23.8 Å². The van der Waals surface area contributed by atoms with Crippen LogP contribution < -0.4 is 0 Å². The summed E-state index contributed by atoms with van der Waals surface area (Å²) in [5.74, 6) is -0.503. The molecule has 140 valence electrons. The van der Waals surface area contributed by atoms with E-state index in [1.165, 1.54) is 6.92 Å². The van der Waals surface area contributed by atoms with Crippen molar-refractivity contribution in [1.29, 1.82) is 0 Å². The van der Waals surface area contributed by atoms with Gasteiger partial charge in [0.2, 0.25) is 0 Å². The molecule has 0 unspecified atom stereocenters. The number of rotatable bonds is 2. The van der Waals surface area contributed by atoms with Crippen molar-refractivity contribution in [3.8, 4) is 0 Å². The van der Waals surface area contributed by atoms with Gasteiger partial charge in [0.1, 0.15) is 5.41 Å². The molecular weight excluding hydrogens is 320 g/mol. The molecule has 4 N–H and O–H groups in total. The summed E-state index contributed by atoms with van der Waals surface area (Å²) >= 11 is 0. The van der Waals surface area contributed by atoms with Crippen molar-refractivity contribution < 1.29 is 25.2 Å². The first-order valence-corrected chi connectivity index (χ1v) is 9.26. The molecule has 2 fully saturated rings. The predicted octanol–water partition coefficient (Wildman–Crippen LogP) is 2.12. The van der Waals surface area contributed by atoms with Crippen molar-refractivity contribution in [1.82, 2.24) is 0 Å². The van der Waals surface area contributed by atoms with Gasteiger partial charge in [-0.3, -0.25) is 4.79 Å². The first-order valence-electron chi connectivity index (χ1n) is 9.26. The average Bonchev–Trinajstić information content (AvgIpc) is 2.56. The van der Waals surface area contributed by atoms with Gasteiger partial charge in [-0.25, -0.2) is 0 Å². The van der Waals surface area contributed by atoms with Crippen LogP contribution in [0.25, 0.3) is 0 Å². The van der Waals surface area contributed by atoms with E-state index in [0.29, 0.717) is 31.6 Å². The summed E-state index contributed by atoms with van der Waals surface area (Å²) in [5.41, 5.74) is -2.51. The minimum atomic E-state index is -1.57. The van der Waals surface area contributed by atoms with Crippen molar-refractivity contribution in [2.75, 3.05) is 6.61 Å². The van der Waals surface area contributed by atoms with Crippen LogP contribution in [0.15, 0.2) is 23.8 Å². The molecule has 0 bridgehead atoms. The zero-order valence-electron chi connectivity index (χ0n) is 15.3. The van der Waals surface area contributed by atoms with Crippen LogP contribution in [0.5, 0.6) is 0 Å². The van der Waals surface area contributed by atoms with E-state index in [2.05, 4.69) is 13.0 Å². The highest BCUT2D eigenvalue weighted by atomic mass is 16.4. The lowest BCUT2D eigenvalue weighted by Gasteiger charge is -2.65. The summed E-state index contributed by atoms with van der Waals surface area (Å²) in [5, 5.41) is 41.3. The number of aliphatic hydroxyl groups excluding tert-OH is 2. The number of carbonyl (C=O) groups is 1. The fraction of sp³-hybridized carbons (Fsp3) is 0.750. The summed E-state index contributed by atoms with van der Waals surface area (Å²) in [6, 6.07) is 0. The van der Waals surface area contributed by atoms with Gasteiger partial charge in [-0.1, -0.05) is 32.1 Å². The molecule has 5 nitrogen and oxygen atoms in total. The number of allylic oxidation sites excluding steroid dienone is 3. The second-order valence-corrected chi connectivity index (χ2v) is 8.60. The summed E-state index contributed by atoms with van der Waals surface area (Å²) in [6.07, 6.45) is 6.95. The van der Waals surface area contributed by atoms with Crippen LogP contribution in [-0.4, -0.2) is 44.7 Å². The van der Waals surface area contributed by atoms with E-state index < -0.39 is 28.5 Å². The Balaban J connectivity index is 2.09. The Bertz CT molecular complexity index is 626. The molecule has 7 atom stereocenters. The van der Waals surface area contributed by atoms with Crippen molar-refractivity contribution in [3.63, 3.8) is 0 Å². The molecule has 3 aliphatic carbocycles. The number of fused-ring (bicyclic) bond motifs is 3. The maximum absolute atomic E-state index is 12.1. The Kier molecular flexibility index (Phi) is 4.42. The van der Waals surface area contributed by atoms with E-state index >= 15 is 0 Å². The fourth-order valence-corrected chi connectivity index (χ4v) is 6.02. The van der Waals surface area contributed by atoms with E-state index in [1.807, 2.05) is 19.1 Å². The van der Waals surface area contributed by atoms with E-state index in [9.17, 15) is 25.2 Å². The van der Waals surface area contributed by atoms with Gasteiger partial charge >= 0.3 is 5.97 Å². The molecule has 0 saturated heterocycles. The molecule has 3 aliphatic rings. The fourth-order valence-electron chi connectivity index (χ4n) is 6.02. The highest BCUT2D eigenvalue weighted by molar-refractivity contribution is 5.77. The Morgan fingerprint density at radius 2 is 2.00 bits per heavy atom. The highest BCUT2D eigenvalue weighted by Crippen LogP contribution is 2.65. The Hall–Kier alpha value is -1.17.